The van der Waals surface area contributed by atoms with E-state index in [0.717, 1.165) is 12.1 Å². The Labute approximate surface area is 133 Å². The van der Waals surface area contributed by atoms with Crippen LogP contribution in [0.3, 0.4) is 0 Å². The van der Waals surface area contributed by atoms with Crippen molar-refractivity contribution >= 4 is 23.0 Å². The summed E-state index contributed by atoms with van der Waals surface area (Å²) in [5.41, 5.74) is 6.54. The molecule has 0 spiro atoms. The third-order valence-corrected chi connectivity index (χ3v) is 1.57. The fraction of sp³-hybridized carbons (Fsp3) is 0.125. The van der Waals surface area contributed by atoms with Gasteiger partial charge in [-0.25, -0.2) is 0 Å². The van der Waals surface area contributed by atoms with E-state index in [1.54, 1.807) is 0 Å². The minimum Gasteiger partial charge on any atom is -0.473 e. The van der Waals surface area contributed by atoms with Crippen LogP contribution < -0.4 is 56.7 Å². The summed E-state index contributed by atoms with van der Waals surface area (Å²) < 4.78 is 36.3. The number of anilines is 1. The molecule has 7 heteroatoms. The normalized spacial score (nSPS) is 10.3. The molecular formula is C8H6F3KN2S. The van der Waals surface area contributed by atoms with E-state index in [1.807, 2.05) is 0 Å². The smallest absolute Gasteiger partial charge is 0.473 e. The molecule has 0 aliphatic carbocycles. The Balaban J connectivity index is 0.00000196. The van der Waals surface area contributed by atoms with Gasteiger partial charge in [-0.2, -0.15) is 13.2 Å². The Morgan fingerprint density at radius 3 is 2.00 bits per heavy atom. The largest absolute Gasteiger partial charge is 1.00 e. The van der Waals surface area contributed by atoms with Gasteiger partial charge in [-0.05, 0) is 17.8 Å². The van der Waals surface area contributed by atoms with Gasteiger partial charge in [0.25, 0.3) is 0 Å². The van der Waals surface area contributed by atoms with Crippen LogP contribution in [0.25, 0.3) is 5.73 Å². The van der Waals surface area contributed by atoms with E-state index in [1.165, 1.54) is 12.1 Å². The Kier molecular flexibility index (Phi) is 6.30. The van der Waals surface area contributed by atoms with Crippen molar-refractivity contribution in [3.63, 3.8) is 0 Å². The van der Waals surface area contributed by atoms with Gasteiger partial charge in [0.2, 0.25) is 0 Å². The Hall–Kier alpha value is 0.336. The maximum absolute atomic E-state index is 12.1. The fourth-order valence-electron chi connectivity index (χ4n) is 0.874. The van der Waals surface area contributed by atoms with E-state index in [2.05, 4.69) is 17.5 Å². The summed E-state index contributed by atoms with van der Waals surface area (Å²) in [7, 11) is 0. The van der Waals surface area contributed by atoms with Gasteiger partial charge < -0.3 is 11.1 Å². The molecule has 0 fully saturated rings. The first kappa shape index (κ1) is 15.3. The van der Waals surface area contributed by atoms with Crippen molar-refractivity contribution in [3.8, 4) is 0 Å². The molecule has 1 rings (SSSR count). The second-order valence-electron chi connectivity index (χ2n) is 2.53. The number of benzene rings is 1. The predicted octanol–water partition coefficient (Wildman–Crippen LogP) is 0.458. The summed E-state index contributed by atoms with van der Waals surface area (Å²) in [5, 5.41) is 2.18. The van der Waals surface area contributed by atoms with Gasteiger partial charge in [0, 0.05) is 5.11 Å². The van der Waals surface area contributed by atoms with Gasteiger partial charge in [-0.3, -0.25) is 0 Å². The zero-order valence-electron chi connectivity index (χ0n) is 7.85. The van der Waals surface area contributed by atoms with E-state index in [4.69, 9.17) is 5.73 Å². The predicted molar refractivity (Wildman–Crippen MR) is 52.0 cm³/mol. The average Bonchev–Trinajstić information content (AvgIpc) is 2.02. The molecule has 1 aromatic carbocycles. The molecule has 0 unspecified atom stereocenters. The fourth-order valence-corrected chi connectivity index (χ4v) is 0.991. The van der Waals surface area contributed by atoms with Crippen molar-refractivity contribution in [2.24, 2.45) is 0 Å². The molecule has 0 amide bonds. The zero-order chi connectivity index (χ0) is 10.8. The van der Waals surface area contributed by atoms with Crippen molar-refractivity contribution < 1.29 is 64.6 Å². The number of halogens is 3. The molecule has 0 saturated carbocycles. The minimum atomic E-state index is -4.33. The first-order chi connectivity index (χ1) is 6.39. The molecule has 2 N–H and O–H groups in total. The van der Waals surface area contributed by atoms with Gasteiger partial charge in [-0.1, -0.05) is 24.4 Å². The van der Waals surface area contributed by atoms with Gasteiger partial charge in [0.05, 0.1) is 5.56 Å². The summed E-state index contributed by atoms with van der Waals surface area (Å²) in [6, 6.07) is 4.31. The number of nitrogens with one attached hydrogen (secondary N) is 2. The van der Waals surface area contributed by atoms with Crippen LogP contribution in [0.15, 0.2) is 24.3 Å². The molecule has 15 heavy (non-hydrogen) atoms. The van der Waals surface area contributed by atoms with Crippen molar-refractivity contribution in [2.75, 3.05) is 5.32 Å². The molecule has 0 heterocycles. The molecule has 0 radical (unpaired) electrons. The second kappa shape index (κ2) is 6.17. The Morgan fingerprint density at radius 2 is 1.67 bits per heavy atom. The van der Waals surface area contributed by atoms with E-state index >= 15 is 0 Å². The number of thiocarbonyl (C=S) groups is 1. The summed E-state index contributed by atoms with van der Waals surface area (Å²) in [5.74, 6) is 0. The van der Waals surface area contributed by atoms with Crippen molar-refractivity contribution in [2.45, 2.75) is 6.18 Å². The molecule has 0 aliphatic rings. The van der Waals surface area contributed by atoms with Crippen LogP contribution in [0.2, 0.25) is 0 Å². The average molecular weight is 258 g/mol. The van der Waals surface area contributed by atoms with E-state index in [0.29, 0.717) is 5.69 Å². The topological polar surface area (TPSA) is 35.8 Å². The van der Waals surface area contributed by atoms with E-state index in [9.17, 15) is 13.2 Å². The molecule has 0 aromatic heterocycles. The van der Waals surface area contributed by atoms with Crippen LogP contribution in [0.1, 0.15) is 5.56 Å². The third-order valence-electron chi connectivity index (χ3n) is 1.47. The third kappa shape index (κ3) is 5.28. The number of rotatable bonds is 1. The number of hydrogen-bond donors (Lipinski definition) is 1. The number of alkyl halides is 3. The molecule has 1 aromatic rings. The van der Waals surface area contributed by atoms with Crippen LogP contribution in [0.4, 0.5) is 18.9 Å². The Morgan fingerprint density at radius 1 is 1.20 bits per heavy atom. The van der Waals surface area contributed by atoms with E-state index < -0.39 is 11.7 Å². The number of hydrogen-bond acceptors (Lipinski definition) is 1. The summed E-state index contributed by atoms with van der Waals surface area (Å²) in [6.45, 7) is 0. The molecule has 76 valence electrons. The molecule has 0 bridgehead atoms. The van der Waals surface area contributed by atoms with Crippen molar-refractivity contribution in [3.05, 3.63) is 35.6 Å². The summed E-state index contributed by atoms with van der Waals surface area (Å²) >= 11 is 4.42. The van der Waals surface area contributed by atoms with Crippen LogP contribution in [0, 0.1) is 0 Å². The quantitative estimate of drug-likeness (QED) is 0.587. The first-order valence-corrected chi connectivity index (χ1v) is 4.00. The van der Waals surface area contributed by atoms with Crippen LogP contribution in [0.5, 0.6) is 0 Å². The van der Waals surface area contributed by atoms with Gasteiger partial charge >= 0.3 is 57.6 Å². The van der Waals surface area contributed by atoms with Crippen molar-refractivity contribution in [1.82, 2.24) is 0 Å². The summed E-state index contributed by atoms with van der Waals surface area (Å²) in [6.07, 6.45) is -4.33. The second-order valence-corrected chi connectivity index (χ2v) is 2.94. The maximum atomic E-state index is 12.1. The molecule has 0 aliphatic heterocycles. The molecule has 0 atom stereocenters. The minimum absolute atomic E-state index is 0. The van der Waals surface area contributed by atoms with Crippen LogP contribution in [-0.2, 0) is 6.18 Å². The van der Waals surface area contributed by atoms with Gasteiger partial charge in [0.1, 0.15) is 0 Å². The molecule has 0 saturated heterocycles. The van der Waals surface area contributed by atoms with Gasteiger partial charge in [-0.15, -0.1) is 0 Å². The van der Waals surface area contributed by atoms with Crippen LogP contribution >= 0.6 is 12.2 Å². The van der Waals surface area contributed by atoms with Crippen molar-refractivity contribution in [1.29, 1.82) is 0 Å². The van der Waals surface area contributed by atoms with Crippen LogP contribution in [-0.4, -0.2) is 5.11 Å². The van der Waals surface area contributed by atoms with Gasteiger partial charge in [0.15, 0.2) is 0 Å². The first-order valence-electron chi connectivity index (χ1n) is 3.59. The maximum Gasteiger partial charge on any atom is 1.00 e. The molecular weight excluding hydrogens is 252 g/mol. The Bertz CT molecular complexity index is 337. The summed E-state index contributed by atoms with van der Waals surface area (Å²) in [4.78, 5) is 0. The molecule has 2 nitrogen and oxygen atoms in total. The standard InChI is InChI=1S/C8H7F3N2S.K/c9-8(10,11)5-1-3-6(4-2-5)13-7(12)14;/h1-4H,(H3,12,13,14);/q;+1/p-1. The SMILES string of the molecule is [K+].[NH-]C(=S)Nc1ccc(C(F)(F)F)cc1. The van der Waals surface area contributed by atoms with E-state index in [-0.39, 0.29) is 56.5 Å². The monoisotopic (exact) mass is 258 g/mol. The zero-order valence-corrected chi connectivity index (χ0v) is 11.8.